The summed E-state index contributed by atoms with van der Waals surface area (Å²) in [7, 11) is -1.27. The van der Waals surface area contributed by atoms with Crippen molar-refractivity contribution in [1.29, 1.82) is 0 Å². The second-order valence-corrected chi connectivity index (χ2v) is 17.3. The molecule has 1 saturated carbocycles. The van der Waals surface area contributed by atoms with Gasteiger partial charge in [-0.1, -0.05) is 50.6 Å². The summed E-state index contributed by atoms with van der Waals surface area (Å²) in [4.78, 5) is 16.3. The largest absolute Gasteiger partial charge is 0.490 e. The Hall–Kier alpha value is -2.52. The molecule has 0 radical (unpaired) electrons. The van der Waals surface area contributed by atoms with Gasteiger partial charge in [0.05, 0.1) is 46.6 Å². The average molecular weight is 683 g/mol. The fraction of sp³-hybridized carbons (Fsp3) is 0.579. The first-order valence-electron chi connectivity index (χ1n) is 17.3. The van der Waals surface area contributed by atoms with Crippen molar-refractivity contribution in [3.63, 3.8) is 0 Å². The van der Waals surface area contributed by atoms with Crippen molar-refractivity contribution >= 4 is 38.8 Å². The Morgan fingerprint density at radius 2 is 2.02 bits per heavy atom. The molecular weight excluding hydrogens is 632 g/mol. The molecule has 1 unspecified atom stereocenters. The number of benzene rings is 2. The van der Waals surface area contributed by atoms with Crippen molar-refractivity contribution < 1.29 is 23.2 Å². The molecule has 9 heteroatoms. The van der Waals surface area contributed by atoms with Crippen molar-refractivity contribution in [2.75, 3.05) is 44.9 Å². The third-order valence-electron chi connectivity index (χ3n) is 11.0. The minimum absolute atomic E-state index is 0.0362. The smallest absolute Gasteiger partial charge is 0.262 e. The molecule has 7 nitrogen and oxygen atoms in total. The summed E-state index contributed by atoms with van der Waals surface area (Å²) in [5.74, 6) is 5.40. The molecule has 0 aromatic heterocycles. The molecule has 4 aliphatic rings. The predicted molar refractivity (Wildman–Crippen MR) is 192 cm³/mol. The first kappa shape index (κ1) is 34.3. The zero-order chi connectivity index (χ0) is 33.3. The molecule has 0 saturated heterocycles. The van der Waals surface area contributed by atoms with E-state index in [9.17, 15) is 9.00 Å². The topological polar surface area (TPSA) is 77.1 Å². The van der Waals surface area contributed by atoms with Gasteiger partial charge in [-0.15, -0.1) is 0 Å². The van der Waals surface area contributed by atoms with Crippen molar-refractivity contribution in [2.45, 2.75) is 76.1 Å². The van der Waals surface area contributed by atoms with Crippen LogP contribution in [0.2, 0.25) is 5.02 Å². The lowest BCUT2D eigenvalue weighted by molar-refractivity contribution is -0.0309. The fourth-order valence-electron chi connectivity index (χ4n) is 8.70. The highest BCUT2D eigenvalue weighted by molar-refractivity contribution is 7.99. The van der Waals surface area contributed by atoms with Gasteiger partial charge in [-0.3, -0.25) is 9.52 Å². The van der Waals surface area contributed by atoms with Gasteiger partial charge in [-0.25, -0.2) is 4.21 Å². The summed E-state index contributed by atoms with van der Waals surface area (Å²) in [5, 5.41) is 0.467. The maximum atomic E-state index is 14.2. The zero-order valence-corrected chi connectivity index (χ0v) is 29.9. The van der Waals surface area contributed by atoms with E-state index < -0.39 is 9.71 Å². The number of aryl methyl sites for hydroxylation is 1. The quantitative estimate of drug-likeness (QED) is 0.211. The number of rotatable bonds is 5. The van der Waals surface area contributed by atoms with Gasteiger partial charge in [-0.2, -0.15) is 0 Å². The second kappa shape index (κ2) is 14.1. The minimum atomic E-state index is -2.97. The molecule has 256 valence electrons. The van der Waals surface area contributed by atoms with Crippen LogP contribution < -0.4 is 14.4 Å². The Kier molecular flexibility index (Phi) is 10.3. The molecule has 47 heavy (non-hydrogen) atoms. The summed E-state index contributed by atoms with van der Waals surface area (Å²) in [6.07, 6.45) is 10.4. The first-order valence-corrected chi connectivity index (χ1v) is 19.4. The molecule has 2 aromatic carbocycles. The van der Waals surface area contributed by atoms with Crippen LogP contribution in [-0.2, 0) is 31.0 Å². The number of hydrogen-bond acceptors (Lipinski definition) is 6. The van der Waals surface area contributed by atoms with E-state index in [4.69, 9.17) is 25.8 Å². The highest BCUT2D eigenvalue weighted by atomic mass is 35.5. The number of allylic oxidation sites excluding steroid dienone is 1. The molecular formula is C38H51ClN2O5S. The van der Waals surface area contributed by atoms with Gasteiger partial charge in [0.1, 0.15) is 5.75 Å². The van der Waals surface area contributed by atoms with E-state index in [1.807, 2.05) is 18.2 Å². The van der Waals surface area contributed by atoms with Crippen molar-refractivity contribution in [2.24, 2.45) is 23.7 Å². The summed E-state index contributed by atoms with van der Waals surface area (Å²) in [5.41, 5.74) is 3.77. The van der Waals surface area contributed by atoms with E-state index in [1.54, 1.807) is 13.2 Å². The Bertz CT molecular complexity index is 1590. The van der Waals surface area contributed by atoms with E-state index >= 15 is 0 Å². The number of hydrogen-bond donors (Lipinski definition) is 1. The summed E-state index contributed by atoms with van der Waals surface area (Å²) in [6, 6.07) is 11.9. The molecule has 2 aliphatic carbocycles. The molecule has 6 rings (SSSR count). The highest BCUT2D eigenvalue weighted by Gasteiger charge is 2.44. The standard InChI is InChI=1S/C38H51ClN2O5S/c1-25(2)36-26(3)8-6-10-34(45-19-18-44-4)31-14-11-29(31)22-41-23-38(17-7-9-27-20-30(39)13-15-32(27)38)24-46-35-16-12-28(21-33(35)41)37(42)40-47(36,5)43/h6,10,12-13,15-16,20-21,25-26,29,31,34,36H,5,7-9,11,14,17-19,22-24H2,1-4H3,(H,40,42,43)/b10-6+/t26-,29+,31-,34+,36-,38+,47?/m1/s1. The molecule has 7 atom stereocenters. The Balaban J connectivity index is 1.42. The van der Waals surface area contributed by atoms with Crippen LogP contribution in [-0.4, -0.2) is 67.4 Å². The molecule has 2 heterocycles. The summed E-state index contributed by atoms with van der Waals surface area (Å²) >= 11 is 6.46. The monoisotopic (exact) mass is 682 g/mol. The molecule has 1 amide bonds. The van der Waals surface area contributed by atoms with Crippen LogP contribution in [0, 0.1) is 23.7 Å². The van der Waals surface area contributed by atoms with Crippen LogP contribution in [0.3, 0.4) is 0 Å². The number of carbonyl (C=O) groups is 1. The maximum Gasteiger partial charge on any atom is 0.262 e. The number of amides is 1. The van der Waals surface area contributed by atoms with Crippen LogP contribution >= 0.6 is 11.6 Å². The van der Waals surface area contributed by atoms with E-state index in [2.05, 4.69) is 60.5 Å². The lowest BCUT2D eigenvalue weighted by atomic mass is 9.68. The van der Waals surface area contributed by atoms with Crippen LogP contribution in [0.15, 0.2) is 48.6 Å². The second-order valence-electron chi connectivity index (χ2n) is 14.6. The minimum Gasteiger partial charge on any atom is -0.490 e. The highest BCUT2D eigenvalue weighted by Crippen LogP contribution is 2.47. The molecule has 1 N–H and O–H groups in total. The van der Waals surface area contributed by atoms with Gasteiger partial charge in [0.25, 0.3) is 5.91 Å². The van der Waals surface area contributed by atoms with E-state index in [-0.39, 0.29) is 34.5 Å². The van der Waals surface area contributed by atoms with Gasteiger partial charge in [0.2, 0.25) is 0 Å². The van der Waals surface area contributed by atoms with Crippen LogP contribution in [0.25, 0.3) is 0 Å². The lowest BCUT2D eigenvalue weighted by Gasteiger charge is -2.46. The Morgan fingerprint density at radius 3 is 2.77 bits per heavy atom. The molecule has 2 bridgehead atoms. The number of halogens is 1. The van der Waals surface area contributed by atoms with E-state index in [1.165, 1.54) is 11.1 Å². The van der Waals surface area contributed by atoms with Crippen molar-refractivity contribution in [1.82, 2.24) is 4.72 Å². The number of carbonyl (C=O) groups excluding carboxylic acids is 1. The number of anilines is 1. The SMILES string of the molecule is C=S1(=O)NC(=O)c2ccc3c(c2)N(C[C@@H]2CC[C@H]2[C@@H](OCCOC)/C=C/C[C@@H](C)[C@H]1C(C)C)C[C@@]1(CCCc2cc(Cl)ccc21)CO3. The van der Waals surface area contributed by atoms with Crippen molar-refractivity contribution in [3.05, 3.63) is 70.3 Å². The number of methoxy groups -OCH3 is 1. The van der Waals surface area contributed by atoms with Crippen LogP contribution in [0.5, 0.6) is 5.75 Å². The molecule has 1 spiro atoms. The van der Waals surface area contributed by atoms with Gasteiger partial charge < -0.3 is 19.1 Å². The molecule has 1 fully saturated rings. The number of ether oxygens (including phenoxy) is 3. The number of fused-ring (bicyclic) bond motifs is 4. The van der Waals surface area contributed by atoms with E-state index in [0.29, 0.717) is 37.2 Å². The van der Waals surface area contributed by atoms with Crippen LogP contribution in [0.1, 0.15) is 74.4 Å². The molecule has 2 aliphatic heterocycles. The third-order valence-corrected chi connectivity index (χ3v) is 13.7. The average Bonchev–Trinajstić information content (AvgIpc) is 3.15. The lowest BCUT2D eigenvalue weighted by Crippen LogP contribution is -2.49. The molecule has 2 aromatic rings. The van der Waals surface area contributed by atoms with Gasteiger partial charge in [0.15, 0.2) is 0 Å². The normalized spacial score (nSPS) is 33.2. The van der Waals surface area contributed by atoms with Gasteiger partial charge >= 0.3 is 0 Å². The number of nitrogens with one attached hydrogen (secondary N) is 1. The van der Waals surface area contributed by atoms with Gasteiger partial charge in [0, 0.05) is 36.2 Å². The third kappa shape index (κ3) is 7.12. The van der Waals surface area contributed by atoms with E-state index in [0.717, 1.165) is 68.1 Å². The first-order chi connectivity index (χ1) is 22.5. The Labute approximate surface area is 286 Å². The number of nitrogens with zero attached hydrogens (tertiary/aromatic N) is 1. The zero-order valence-electron chi connectivity index (χ0n) is 28.3. The summed E-state index contributed by atoms with van der Waals surface area (Å²) in [6.45, 7) is 9.44. The van der Waals surface area contributed by atoms with Crippen molar-refractivity contribution in [3.8, 4) is 5.75 Å². The maximum absolute atomic E-state index is 14.2. The van der Waals surface area contributed by atoms with Crippen LogP contribution in [0.4, 0.5) is 5.69 Å². The summed E-state index contributed by atoms with van der Waals surface area (Å²) < 4.78 is 35.6. The predicted octanol–water partition coefficient (Wildman–Crippen LogP) is 6.85. The Morgan fingerprint density at radius 1 is 1.19 bits per heavy atom. The van der Waals surface area contributed by atoms with Gasteiger partial charge in [-0.05, 0) is 110 Å². The fourth-order valence-corrected chi connectivity index (χ4v) is 11.2.